The lowest BCUT2D eigenvalue weighted by Crippen LogP contribution is -2.52. The summed E-state index contributed by atoms with van der Waals surface area (Å²) in [6, 6.07) is 0. The highest BCUT2D eigenvalue weighted by Gasteiger charge is 2.44. The molecule has 2 fully saturated rings. The van der Waals surface area contributed by atoms with Crippen molar-refractivity contribution in [1.82, 2.24) is 4.90 Å². The van der Waals surface area contributed by atoms with Crippen molar-refractivity contribution in [2.45, 2.75) is 44.9 Å². The third kappa shape index (κ3) is 3.14. The smallest absolute Gasteiger partial charge is 0.311 e. The second-order valence-corrected chi connectivity index (χ2v) is 6.17. The number of rotatable bonds is 6. The van der Waals surface area contributed by atoms with E-state index >= 15 is 0 Å². The third-order valence-electron chi connectivity index (χ3n) is 4.80. The van der Waals surface area contributed by atoms with Crippen molar-refractivity contribution in [3.05, 3.63) is 0 Å². The molecule has 5 heteroatoms. The number of piperidine rings is 1. The molecular weight excluding hydrogens is 258 g/mol. The Morgan fingerprint density at radius 3 is 2.65 bits per heavy atom. The fourth-order valence-electron chi connectivity index (χ4n) is 3.27. The number of amides is 1. The van der Waals surface area contributed by atoms with Crippen molar-refractivity contribution in [3.63, 3.8) is 0 Å². The minimum atomic E-state index is -0.768. The molecule has 20 heavy (non-hydrogen) atoms. The Kier molecular flexibility index (Phi) is 5.02. The van der Waals surface area contributed by atoms with Crippen LogP contribution in [0.2, 0.25) is 0 Å². The van der Waals surface area contributed by atoms with Gasteiger partial charge in [-0.3, -0.25) is 9.59 Å². The summed E-state index contributed by atoms with van der Waals surface area (Å²) in [5, 5.41) is 9.62. The van der Waals surface area contributed by atoms with Crippen LogP contribution in [0.5, 0.6) is 0 Å². The number of methoxy groups -OCH3 is 1. The van der Waals surface area contributed by atoms with Crippen LogP contribution in [0.3, 0.4) is 0 Å². The predicted molar refractivity (Wildman–Crippen MR) is 74.3 cm³/mol. The number of hydrogen-bond acceptors (Lipinski definition) is 3. The minimum Gasteiger partial charge on any atom is -0.481 e. The highest BCUT2D eigenvalue weighted by molar-refractivity contribution is 5.81. The van der Waals surface area contributed by atoms with Crippen LogP contribution >= 0.6 is 0 Å². The molecule has 2 aliphatic rings. The molecule has 1 N–H and O–H groups in total. The van der Waals surface area contributed by atoms with Gasteiger partial charge in [0.25, 0.3) is 0 Å². The highest BCUT2D eigenvalue weighted by atomic mass is 16.5. The number of carbonyl (C=O) groups excluding carboxylic acids is 1. The molecule has 0 radical (unpaired) electrons. The van der Waals surface area contributed by atoms with Gasteiger partial charge in [-0.25, -0.2) is 0 Å². The number of ether oxygens (including phenoxy) is 1. The first-order valence-corrected chi connectivity index (χ1v) is 7.60. The lowest BCUT2D eigenvalue weighted by Gasteiger charge is -2.42. The minimum absolute atomic E-state index is 0.151. The van der Waals surface area contributed by atoms with Crippen LogP contribution in [0.1, 0.15) is 44.9 Å². The van der Waals surface area contributed by atoms with Gasteiger partial charge >= 0.3 is 5.97 Å². The van der Waals surface area contributed by atoms with Gasteiger partial charge in [-0.1, -0.05) is 6.42 Å². The number of carbonyl (C=O) groups is 2. The van der Waals surface area contributed by atoms with E-state index in [9.17, 15) is 14.7 Å². The van der Waals surface area contributed by atoms with E-state index in [0.717, 1.165) is 32.1 Å². The van der Waals surface area contributed by atoms with E-state index in [2.05, 4.69) is 0 Å². The van der Waals surface area contributed by atoms with Crippen molar-refractivity contribution in [3.8, 4) is 0 Å². The molecule has 0 bridgehead atoms. The Bertz CT molecular complexity index is 367. The second kappa shape index (κ2) is 6.57. The standard InChI is InChI=1S/C15H25NO4/c1-20-10-4-8-15(14(18)19)7-3-9-16(11-15)13(17)12-5-2-6-12/h12H,2-11H2,1H3,(H,18,19)/t15-/m0/s1. The molecule has 5 nitrogen and oxygen atoms in total. The van der Waals surface area contributed by atoms with Gasteiger partial charge in [0.05, 0.1) is 5.41 Å². The van der Waals surface area contributed by atoms with Gasteiger partial charge in [-0.2, -0.15) is 0 Å². The van der Waals surface area contributed by atoms with Gasteiger partial charge in [-0.15, -0.1) is 0 Å². The Morgan fingerprint density at radius 2 is 2.10 bits per heavy atom. The van der Waals surface area contributed by atoms with Crippen molar-refractivity contribution in [2.75, 3.05) is 26.8 Å². The molecule has 1 saturated carbocycles. The number of hydrogen-bond donors (Lipinski definition) is 1. The fourth-order valence-corrected chi connectivity index (χ4v) is 3.27. The quantitative estimate of drug-likeness (QED) is 0.756. The number of carboxylic acid groups (broad SMARTS) is 1. The van der Waals surface area contributed by atoms with Gasteiger partial charge in [-0.05, 0) is 38.5 Å². The number of aliphatic carboxylic acids is 1. The SMILES string of the molecule is COCCC[C@@]1(C(=O)O)CCCN(C(=O)C2CCC2)C1. The maximum atomic E-state index is 12.3. The monoisotopic (exact) mass is 283 g/mol. The molecule has 0 aromatic carbocycles. The molecule has 0 aromatic rings. The zero-order valence-corrected chi connectivity index (χ0v) is 12.3. The average molecular weight is 283 g/mol. The zero-order chi connectivity index (χ0) is 14.6. The van der Waals surface area contributed by atoms with Crippen molar-refractivity contribution < 1.29 is 19.4 Å². The topological polar surface area (TPSA) is 66.8 Å². The van der Waals surface area contributed by atoms with Crippen LogP contribution < -0.4 is 0 Å². The van der Waals surface area contributed by atoms with Gasteiger partial charge in [0, 0.05) is 32.7 Å². The molecule has 2 rings (SSSR count). The molecule has 1 amide bonds. The fraction of sp³-hybridized carbons (Fsp3) is 0.867. The average Bonchev–Trinajstić information content (AvgIpc) is 2.37. The van der Waals surface area contributed by atoms with E-state index < -0.39 is 11.4 Å². The van der Waals surface area contributed by atoms with Crippen molar-refractivity contribution in [1.29, 1.82) is 0 Å². The molecule has 0 aromatic heterocycles. The summed E-state index contributed by atoms with van der Waals surface area (Å²) in [4.78, 5) is 25.8. The molecule has 1 aliphatic heterocycles. The summed E-state index contributed by atoms with van der Waals surface area (Å²) in [6.45, 7) is 1.67. The Balaban J connectivity index is 2.00. The lowest BCUT2D eigenvalue weighted by molar-refractivity contribution is -0.157. The second-order valence-electron chi connectivity index (χ2n) is 6.17. The van der Waals surface area contributed by atoms with Crippen LogP contribution in [0.4, 0.5) is 0 Å². The van der Waals surface area contributed by atoms with E-state index in [1.165, 1.54) is 0 Å². The summed E-state index contributed by atoms with van der Waals surface area (Å²) in [5.41, 5.74) is -0.768. The Hall–Kier alpha value is -1.10. The summed E-state index contributed by atoms with van der Waals surface area (Å²) in [6.07, 6.45) is 5.84. The van der Waals surface area contributed by atoms with Crippen LogP contribution in [0, 0.1) is 11.3 Å². The molecule has 1 aliphatic carbocycles. The maximum Gasteiger partial charge on any atom is 0.311 e. The molecular formula is C15H25NO4. The third-order valence-corrected chi connectivity index (χ3v) is 4.80. The summed E-state index contributed by atoms with van der Waals surface area (Å²) in [5.74, 6) is -0.438. The maximum absolute atomic E-state index is 12.3. The number of nitrogens with zero attached hydrogens (tertiary/aromatic N) is 1. The summed E-state index contributed by atoms with van der Waals surface area (Å²) in [7, 11) is 1.63. The summed E-state index contributed by atoms with van der Waals surface area (Å²) < 4.78 is 5.02. The van der Waals surface area contributed by atoms with Crippen molar-refractivity contribution >= 4 is 11.9 Å². The van der Waals surface area contributed by atoms with Crippen LogP contribution in [-0.2, 0) is 14.3 Å². The number of likely N-dealkylation sites (tertiary alicyclic amines) is 1. The molecule has 0 unspecified atom stereocenters. The van der Waals surface area contributed by atoms with E-state index in [1.807, 2.05) is 0 Å². The zero-order valence-electron chi connectivity index (χ0n) is 12.3. The van der Waals surface area contributed by atoms with Crippen LogP contribution in [0.25, 0.3) is 0 Å². The predicted octanol–water partition coefficient (Wildman–Crippen LogP) is 1.91. The van der Waals surface area contributed by atoms with Crippen LogP contribution in [0.15, 0.2) is 0 Å². The normalized spacial score (nSPS) is 27.1. The molecule has 1 atom stereocenters. The Labute approximate surface area is 120 Å². The van der Waals surface area contributed by atoms with E-state index in [4.69, 9.17) is 4.74 Å². The van der Waals surface area contributed by atoms with Gasteiger partial charge in [0.2, 0.25) is 5.91 Å². The molecule has 114 valence electrons. The van der Waals surface area contributed by atoms with E-state index in [1.54, 1.807) is 12.0 Å². The first kappa shape index (κ1) is 15.3. The Morgan fingerprint density at radius 1 is 1.35 bits per heavy atom. The highest BCUT2D eigenvalue weighted by Crippen LogP contribution is 2.37. The van der Waals surface area contributed by atoms with Crippen molar-refractivity contribution in [2.24, 2.45) is 11.3 Å². The molecule has 0 spiro atoms. The van der Waals surface area contributed by atoms with Gasteiger partial charge in [0.15, 0.2) is 0 Å². The summed E-state index contributed by atoms with van der Waals surface area (Å²) >= 11 is 0. The van der Waals surface area contributed by atoms with Gasteiger partial charge in [0.1, 0.15) is 0 Å². The molecule has 1 heterocycles. The van der Waals surface area contributed by atoms with E-state index in [-0.39, 0.29) is 11.8 Å². The first-order valence-electron chi connectivity index (χ1n) is 7.60. The van der Waals surface area contributed by atoms with Gasteiger partial charge < -0.3 is 14.7 Å². The molecule has 1 saturated heterocycles. The van der Waals surface area contributed by atoms with Crippen LogP contribution in [-0.4, -0.2) is 48.7 Å². The lowest BCUT2D eigenvalue weighted by atomic mass is 9.75. The number of carboxylic acids is 1. The first-order chi connectivity index (χ1) is 9.59. The largest absolute Gasteiger partial charge is 0.481 e. The van der Waals surface area contributed by atoms with E-state index in [0.29, 0.717) is 32.5 Å².